The minimum absolute atomic E-state index is 0.0184. The van der Waals surface area contributed by atoms with Crippen molar-refractivity contribution in [3.8, 4) is 11.4 Å². The van der Waals surface area contributed by atoms with Crippen molar-refractivity contribution in [3.05, 3.63) is 106 Å². The van der Waals surface area contributed by atoms with E-state index in [1.165, 1.54) is 37.1 Å². The molecule has 3 aromatic carbocycles. The van der Waals surface area contributed by atoms with Gasteiger partial charge in [0.1, 0.15) is 17.5 Å². The zero-order valence-electron chi connectivity index (χ0n) is 19.7. The maximum atomic E-state index is 14.3. The molecule has 5 rings (SSSR count). The van der Waals surface area contributed by atoms with Gasteiger partial charge in [0, 0.05) is 22.4 Å². The molecule has 0 bridgehead atoms. The molecule has 0 N–H and O–H groups in total. The number of thioether (sulfide) groups is 1. The average Bonchev–Trinajstić information content (AvgIpc) is 3.24. The number of imidazole rings is 1. The summed E-state index contributed by atoms with van der Waals surface area (Å²) in [7, 11) is 1.42. The van der Waals surface area contributed by atoms with Gasteiger partial charge in [-0.15, -0.1) is 0 Å². The molecular formula is C28H23F4N2OS. The number of nitrogens with zero attached hydrogens (tertiary/aromatic N) is 2. The summed E-state index contributed by atoms with van der Waals surface area (Å²) in [5, 5.41) is 0.542. The van der Waals surface area contributed by atoms with Crippen molar-refractivity contribution >= 4 is 11.8 Å². The van der Waals surface area contributed by atoms with Crippen LogP contribution in [-0.4, -0.2) is 16.7 Å². The molecule has 1 radical (unpaired) electrons. The monoisotopic (exact) mass is 511 g/mol. The van der Waals surface area contributed by atoms with Crippen LogP contribution in [0.25, 0.3) is 5.69 Å². The molecule has 0 aliphatic heterocycles. The molecule has 1 heterocycles. The first kappa shape index (κ1) is 24.4. The van der Waals surface area contributed by atoms with Crippen LogP contribution >= 0.6 is 11.8 Å². The zero-order chi connectivity index (χ0) is 25.4. The number of hydrogen-bond donors (Lipinski definition) is 0. The Bertz CT molecular complexity index is 1400. The van der Waals surface area contributed by atoms with Gasteiger partial charge in [-0.3, -0.25) is 4.57 Å². The summed E-state index contributed by atoms with van der Waals surface area (Å²) in [5.41, 5.74) is 2.65. The lowest BCUT2D eigenvalue weighted by Crippen LogP contribution is -2.31. The van der Waals surface area contributed by atoms with Crippen LogP contribution in [0.1, 0.15) is 42.3 Å². The third-order valence-corrected chi connectivity index (χ3v) is 7.71. The summed E-state index contributed by atoms with van der Waals surface area (Å²) in [6.45, 7) is 2.07. The van der Waals surface area contributed by atoms with E-state index in [4.69, 9.17) is 9.72 Å². The van der Waals surface area contributed by atoms with Crippen molar-refractivity contribution in [2.45, 2.75) is 42.5 Å². The molecule has 0 saturated heterocycles. The number of benzene rings is 3. The van der Waals surface area contributed by atoms with Gasteiger partial charge in [-0.05, 0) is 86.3 Å². The lowest BCUT2D eigenvalue weighted by molar-refractivity contribution is 0.381. The van der Waals surface area contributed by atoms with Crippen LogP contribution in [0.3, 0.4) is 0 Å². The predicted molar refractivity (Wildman–Crippen MR) is 131 cm³/mol. The molecule has 1 unspecified atom stereocenters. The van der Waals surface area contributed by atoms with Crippen molar-refractivity contribution in [1.82, 2.24) is 9.55 Å². The second kappa shape index (κ2) is 9.65. The van der Waals surface area contributed by atoms with Gasteiger partial charge in [-0.25, -0.2) is 22.5 Å². The number of hydrogen-bond acceptors (Lipinski definition) is 3. The molecule has 1 aliphatic carbocycles. The van der Waals surface area contributed by atoms with Crippen molar-refractivity contribution in [3.63, 3.8) is 0 Å². The van der Waals surface area contributed by atoms with E-state index in [0.717, 1.165) is 41.9 Å². The highest BCUT2D eigenvalue weighted by atomic mass is 32.2. The van der Waals surface area contributed by atoms with Gasteiger partial charge < -0.3 is 4.74 Å². The maximum absolute atomic E-state index is 14.3. The summed E-state index contributed by atoms with van der Waals surface area (Å²) in [6, 6.07) is 15.5. The largest absolute Gasteiger partial charge is 0.494 e. The Kier molecular flexibility index (Phi) is 6.55. The maximum Gasteiger partial charge on any atom is 0.173 e. The predicted octanol–water partition coefficient (Wildman–Crippen LogP) is 7.17. The van der Waals surface area contributed by atoms with Crippen LogP contribution in [0.5, 0.6) is 5.75 Å². The average molecular weight is 512 g/mol. The van der Waals surface area contributed by atoms with E-state index in [2.05, 4.69) is 13.0 Å². The van der Waals surface area contributed by atoms with Gasteiger partial charge in [0.15, 0.2) is 16.7 Å². The summed E-state index contributed by atoms with van der Waals surface area (Å²) in [5.74, 6) is -2.00. The quantitative estimate of drug-likeness (QED) is 0.203. The Hall–Kier alpha value is -3.26. The molecule has 0 saturated carbocycles. The third-order valence-electron chi connectivity index (χ3n) is 6.75. The highest BCUT2D eigenvalue weighted by Crippen LogP contribution is 2.46. The topological polar surface area (TPSA) is 27.1 Å². The van der Waals surface area contributed by atoms with E-state index in [9.17, 15) is 17.6 Å². The fourth-order valence-corrected chi connectivity index (χ4v) is 5.92. The number of ether oxygens (including phenoxy) is 1. The van der Waals surface area contributed by atoms with Crippen LogP contribution < -0.4 is 4.74 Å². The van der Waals surface area contributed by atoms with E-state index < -0.39 is 22.9 Å². The molecule has 1 atom stereocenters. The van der Waals surface area contributed by atoms with Crippen LogP contribution in [0.15, 0.2) is 59.8 Å². The summed E-state index contributed by atoms with van der Waals surface area (Å²) >= 11 is 1.21. The molecule has 185 valence electrons. The molecule has 0 amide bonds. The van der Waals surface area contributed by atoms with E-state index >= 15 is 0 Å². The lowest BCUT2D eigenvalue weighted by Gasteiger charge is -2.36. The third kappa shape index (κ3) is 4.28. The van der Waals surface area contributed by atoms with Gasteiger partial charge >= 0.3 is 0 Å². The number of aryl methyl sites for hydroxylation is 1. The molecule has 0 fully saturated rings. The molecule has 8 heteroatoms. The van der Waals surface area contributed by atoms with Crippen LogP contribution in [0, 0.1) is 29.3 Å². The second-order valence-corrected chi connectivity index (χ2v) is 9.90. The first-order chi connectivity index (χ1) is 17.3. The van der Waals surface area contributed by atoms with Crippen LogP contribution in [-0.2, 0) is 17.6 Å². The van der Waals surface area contributed by atoms with Gasteiger partial charge in [0.05, 0.1) is 18.5 Å². The standard InChI is InChI=1S/C28H23F4N2OS/c1-28(17-8-13-23(32)25(15-17)35-2)14-4-7-24-26(28)34(19-11-9-18(29)10-12-19)27(33-24)36-16-20-21(30)5-3-6-22(20)31/h5-6,8-13,15H,4,7,14,16H2,1-2H3. The van der Waals surface area contributed by atoms with Crippen LogP contribution in [0.2, 0.25) is 0 Å². The molecule has 1 aliphatic rings. The minimum atomic E-state index is -0.671. The summed E-state index contributed by atoms with van der Waals surface area (Å²) in [4.78, 5) is 4.88. The first-order valence-corrected chi connectivity index (χ1v) is 12.5. The van der Waals surface area contributed by atoms with E-state index in [0.29, 0.717) is 17.3 Å². The Morgan fingerprint density at radius 1 is 1.03 bits per heavy atom. The lowest BCUT2D eigenvalue weighted by atomic mass is 9.71. The van der Waals surface area contributed by atoms with Crippen molar-refractivity contribution < 1.29 is 22.3 Å². The number of rotatable bonds is 6. The second-order valence-electron chi connectivity index (χ2n) is 8.95. The Morgan fingerprint density at radius 3 is 2.44 bits per heavy atom. The van der Waals surface area contributed by atoms with Gasteiger partial charge in [0.25, 0.3) is 0 Å². The minimum Gasteiger partial charge on any atom is -0.494 e. The van der Waals surface area contributed by atoms with E-state index in [1.54, 1.807) is 24.3 Å². The molecule has 0 spiro atoms. The fourth-order valence-electron chi connectivity index (χ4n) is 4.87. The SMILES string of the molecule is COc1cc(C2(C)CCCc3nc(SCc4c(F)c[c]cc4F)n(-c4ccc(F)cc4)c32)ccc1F. The first-order valence-electron chi connectivity index (χ1n) is 11.5. The fraction of sp³-hybridized carbons (Fsp3) is 0.250. The number of methoxy groups -OCH3 is 1. The van der Waals surface area contributed by atoms with Crippen molar-refractivity contribution in [2.75, 3.05) is 7.11 Å². The van der Waals surface area contributed by atoms with Gasteiger partial charge in [0.2, 0.25) is 0 Å². The van der Waals surface area contributed by atoms with Crippen molar-refractivity contribution in [2.24, 2.45) is 0 Å². The highest BCUT2D eigenvalue weighted by molar-refractivity contribution is 7.98. The number of fused-ring (bicyclic) bond motifs is 1. The molecule has 3 nitrogen and oxygen atoms in total. The van der Waals surface area contributed by atoms with E-state index in [1.807, 2.05) is 4.57 Å². The number of aromatic nitrogens is 2. The Balaban J connectivity index is 1.67. The number of halogens is 4. The molecular weight excluding hydrogens is 488 g/mol. The highest BCUT2D eigenvalue weighted by Gasteiger charge is 2.40. The van der Waals surface area contributed by atoms with E-state index in [-0.39, 0.29) is 22.9 Å². The molecule has 1 aromatic heterocycles. The summed E-state index contributed by atoms with van der Waals surface area (Å²) < 4.78 is 63.8. The van der Waals surface area contributed by atoms with Crippen molar-refractivity contribution in [1.29, 1.82) is 0 Å². The van der Waals surface area contributed by atoms with Gasteiger partial charge in [-0.2, -0.15) is 0 Å². The summed E-state index contributed by atoms with van der Waals surface area (Å²) in [6.07, 6.45) is 2.34. The normalized spacial score (nSPS) is 17.2. The van der Waals surface area contributed by atoms with Crippen LogP contribution in [0.4, 0.5) is 17.6 Å². The smallest absolute Gasteiger partial charge is 0.173 e. The molecule has 4 aromatic rings. The van der Waals surface area contributed by atoms with Gasteiger partial charge in [-0.1, -0.05) is 17.8 Å². The molecule has 36 heavy (non-hydrogen) atoms. The Morgan fingerprint density at radius 2 is 1.75 bits per heavy atom. The zero-order valence-corrected chi connectivity index (χ0v) is 20.6. The Labute approximate surface area is 211 Å².